The number of unbranched alkanes of at least 4 members (excludes halogenated alkanes) is 1. The van der Waals surface area contributed by atoms with Crippen LogP contribution >= 0.6 is 0 Å². The Bertz CT molecular complexity index is 797. The molecule has 1 amide bonds. The summed E-state index contributed by atoms with van der Waals surface area (Å²) in [4.78, 5) is 30.8. The van der Waals surface area contributed by atoms with Crippen molar-refractivity contribution in [3.63, 3.8) is 0 Å². The lowest BCUT2D eigenvalue weighted by molar-refractivity contribution is -0.116. The molecule has 0 saturated carbocycles. The molecule has 1 N–H and O–H groups in total. The third-order valence-corrected chi connectivity index (χ3v) is 5.33. The summed E-state index contributed by atoms with van der Waals surface area (Å²) in [5.41, 5.74) is 1.75. The Labute approximate surface area is 172 Å². The lowest BCUT2D eigenvalue weighted by atomic mass is 9.89. The first kappa shape index (κ1) is 20.9. The van der Waals surface area contributed by atoms with Gasteiger partial charge in [-0.25, -0.2) is 0 Å². The van der Waals surface area contributed by atoms with Gasteiger partial charge in [0, 0.05) is 36.5 Å². The van der Waals surface area contributed by atoms with Gasteiger partial charge in [0.15, 0.2) is 5.78 Å². The topological polar surface area (TPSA) is 62.3 Å². The van der Waals surface area contributed by atoms with Crippen molar-refractivity contribution < 1.29 is 9.59 Å². The van der Waals surface area contributed by atoms with Crippen LogP contribution in [0.5, 0.6) is 0 Å². The summed E-state index contributed by atoms with van der Waals surface area (Å²) < 4.78 is 0. The molecule has 5 nitrogen and oxygen atoms in total. The minimum absolute atomic E-state index is 0.0749. The number of aromatic nitrogens is 1. The van der Waals surface area contributed by atoms with Gasteiger partial charge in [-0.05, 0) is 63.0 Å². The molecule has 0 radical (unpaired) electrons. The van der Waals surface area contributed by atoms with E-state index in [0.29, 0.717) is 6.54 Å². The van der Waals surface area contributed by atoms with Gasteiger partial charge in [-0.2, -0.15) is 0 Å². The predicted molar refractivity (Wildman–Crippen MR) is 115 cm³/mol. The molecular weight excluding hydrogens is 362 g/mol. The van der Waals surface area contributed by atoms with Crippen LogP contribution in [0.1, 0.15) is 41.6 Å². The van der Waals surface area contributed by atoms with Crippen molar-refractivity contribution in [2.24, 2.45) is 5.92 Å². The Morgan fingerprint density at radius 2 is 1.86 bits per heavy atom. The van der Waals surface area contributed by atoms with Gasteiger partial charge in [-0.1, -0.05) is 36.4 Å². The van der Waals surface area contributed by atoms with Crippen LogP contribution < -0.4 is 5.32 Å². The number of pyridine rings is 1. The van der Waals surface area contributed by atoms with Crippen molar-refractivity contribution in [1.29, 1.82) is 0 Å². The largest absolute Gasteiger partial charge is 0.353 e. The van der Waals surface area contributed by atoms with Gasteiger partial charge in [0.25, 0.3) is 0 Å². The van der Waals surface area contributed by atoms with Gasteiger partial charge < -0.3 is 10.2 Å². The Hall–Kier alpha value is -2.79. The van der Waals surface area contributed by atoms with E-state index in [1.165, 1.54) is 0 Å². The van der Waals surface area contributed by atoms with Crippen molar-refractivity contribution in [2.45, 2.75) is 25.7 Å². The van der Waals surface area contributed by atoms with Gasteiger partial charge in [0.2, 0.25) is 5.91 Å². The first-order chi connectivity index (χ1) is 14.2. The molecule has 1 aromatic heterocycles. The first-order valence-electron chi connectivity index (χ1n) is 10.4. The van der Waals surface area contributed by atoms with Crippen LogP contribution in [0.15, 0.2) is 60.9 Å². The minimum atomic E-state index is -0.0749. The van der Waals surface area contributed by atoms with E-state index in [9.17, 15) is 9.59 Å². The first-order valence-corrected chi connectivity index (χ1v) is 10.4. The van der Waals surface area contributed by atoms with E-state index in [1.807, 2.05) is 42.5 Å². The van der Waals surface area contributed by atoms with Crippen molar-refractivity contribution in [2.75, 3.05) is 26.2 Å². The number of likely N-dealkylation sites (tertiary alicyclic amines) is 1. The van der Waals surface area contributed by atoms with E-state index < -0.39 is 0 Å². The standard InChI is InChI=1S/C24H29N3O2/c28-23(11-10-20-7-6-14-25-19-20)26-15-4-5-16-27-17-12-22(13-18-27)24(29)21-8-2-1-3-9-21/h1-3,6-11,14,19,22H,4-5,12-13,15-18H2,(H,26,28)/b11-10-. The number of ketones is 1. The second-order valence-corrected chi connectivity index (χ2v) is 7.46. The molecule has 2 heterocycles. The van der Waals surface area contributed by atoms with Crippen molar-refractivity contribution in [1.82, 2.24) is 15.2 Å². The highest BCUT2D eigenvalue weighted by Crippen LogP contribution is 2.21. The molecule has 1 aromatic carbocycles. The zero-order valence-corrected chi connectivity index (χ0v) is 16.8. The summed E-state index contributed by atoms with van der Waals surface area (Å²) in [6.45, 7) is 3.65. The normalized spacial score (nSPS) is 15.4. The summed E-state index contributed by atoms with van der Waals surface area (Å²) in [5.74, 6) is 0.362. The van der Waals surface area contributed by atoms with Crippen LogP contribution in [0.2, 0.25) is 0 Å². The number of piperidine rings is 1. The van der Waals surface area contributed by atoms with Gasteiger partial charge in [0.05, 0.1) is 0 Å². The molecule has 152 valence electrons. The second-order valence-electron chi connectivity index (χ2n) is 7.46. The summed E-state index contributed by atoms with van der Waals surface area (Å²) >= 11 is 0. The number of hydrogen-bond donors (Lipinski definition) is 1. The maximum atomic E-state index is 12.5. The summed E-state index contributed by atoms with van der Waals surface area (Å²) in [6.07, 6.45) is 10.6. The molecule has 3 rings (SSSR count). The van der Waals surface area contributed by atoms with E-state index in [1.54, 1.807) is 24.5 Å². The van der Waals surface area contributed by atoms with Crippen molar-refractivity contribution >= 4 is 17.8 Å². The monoisotopic (exact) mass is 391 g/mol. The summed E-state index contributed by atoms with van der Waals surface area (Å²) in [7, 11) is 0. The highest BCUT2D eigenvalue weighted by atomic mass is 16.1. The number of Topliss-reactive ketones (excluding diaryl/α,β-unsaturated/α-hetero) is 1. The molecule has 5 heteroatoms. The molecular formula is C24H29N3O2. The number of carbonyl (C=O) groups excluding carboxylic acids is 2. The molecule has 1 saturated heterocycles. The predicted octanol–water partition coefficient (Wildman–Crippen LogP) is 3.59. The maximum Gasteiger partial charge on any atom is 0.243 e. The van der Waals surface area contributed by atoms with Crippen LogP contribution in [0.4, 0.5) is 0 Å². The van der Waals surface area contributed by atoms with Crippen LogP contribution in [0, 0.1) is 5.92 Å². The van der Waals surface area contributed by atoms with Crippen LogP contribution in [-0.2, 0) is 4.79 Å². The summed E-state index contributed by atoms with van der Waals surface area (Å²) in [5, 5.41) is 2.92. The molecule has 29 heavy (non-hydrogen) atoms. The fourth-order valence-corrected chi connectivity index (χ4v) is 3.63. The molecule has 2 aromatic rings. The molecule has 0 atom stereocenters. The third kappa shape index (κ3) is 6.95. The quantitative estimate of drug-likeness (QED) is 0.403. The number of nitrogens with one attached hydrogen (secondary N) is 1. The van der Waals surface area contributed by atoms with Gasteiger partial charge in [-0.15, -0.1) is 0 Å². The Balaban J connectivity index is 1.27. The number of hydrogen-bond acceptors (Lipinski definition) is 4. The number of nitrogens with zero attached hydrogens (tertiary/aromatic N) is 2. The number of carbonyl (C=O) groups is 2. The molecule has 0 bridgehead atoms. The molecule has 0 spiro atoms. The van der Waals surface area contributed by atoms with E-state index in [0.717, 1.165) is 56.4 Å². The highest BCUT2D eigenvalue weighted by Gasteiger charge is 2.25. The Morgan fingerprint density at radius 3 is 2.59 bits per heavy atom. The van der Waals surface area contributed by atoms with Gasteiger partial charge in [0.1, 0.15) is 0 Å². The minimum Gasteiger partial charge on any atom is -0.353 e. The number of amides is 1. The summed E-state index contributed by atoms with van der Waals surface area (Å²) in [6, 6.07) is 13.4. The van der Waals surface area contributed by atoms with Gasteiger partial charge in [-0.3, -0.25) is 14.6 Å². The molecule has 0 unspecified atom stereocenters. The fourth-order valence-electron chi connectivity index (χ4n) is 3.63. The third-order valence-electron chi connectivity index (χ3n) is 5.33. The van der Waals surface area contributed by atoms with Crippen molar-refractivity contribution in [3.8, 4) is 0 Å². The second kappa shape index (κ2) is 11.3. The smallest absolute Gasteiger partial charge is 0.243 e. The zero-order chi connectivity index (χ0) is 20.3. The van der Waals surface area contributed by atoms with Crippen LogP contribution in [0.25, 0.3) is 6.08 Å². The van der Waals surface area contributed by atoms with Crippen LogP contribution in [-0.4, -0.2) is 47.8 Å². The fraction of sp³-hybridized carbons (Fsp3) is 0.375. The highest BCUT2D eigenvalue weighted by molar-refractivity contribution is 5.97. The Morgan fingerprint density at radius 1 is 1.07 bits per heavy atom. The maximum absolute atomic E-state index is 12.5. The van der Waals surface area contributed by atoms with Gasteiger partial charge >= 0.3 is 0 Å². The lowest BCUT2D eigenvalue weighted by Crippen LogP contribution is -2.37. The Kier molecular flexibility index (Phi) is 8.13. The molecule has 1 aliphatic rings. The average Bonchev–Trinajstić information content (AvgIpc) is 2.79. The van der Waals surface area contributed by atoms with E-state index in [4.69, 9.17) is 0 Å². The van der Waals surface area contributed by atoms with Crippen LogP contribution in [0.3, 0.4) is 0 Å². The number of rotatable bonds is 9. The van der Waals surface area contributed by atoms with E-state index in [-0.39, 0.29) is 17.6 Å². The lowest BCUT2D eigenvalue weighted by Gasteiger charge is -2.31. The molecule has 1 aliphatic heterocycles. The molecule has 1 fully saturated rings. The van der Waals surface area contributed by atoms with E-state index >= 15 is 0 Å². The average molecular weight is 392 g/mol. The van der Waals surface area contributed by atoms with Crippen molar-refractivity contribution in [3.05, 3.63) is 72.1 Å². The SMILES string of the molecule is O=C(/C=C\c1cccnc1)NCCCCN1CCC(C(=O)c2ccccc2)CC1. The molecule has 0 aliphatic carbocycles. The number of benzene rings is 1. The zero-order valence-electron chi connectivity index (χ0n) is 16.8. The van der Waals surface area contributed by atoms with E-state index in [2.05, 4.69) is 15.2 Å².